The molecule has 1 aromatic rings. The Morgan fingerprint density at radius 3 is 2.89 bits per heavy atom. The van der Waals surface area contributed by atoms with Crippen LogP contribution in [0.25, 0.3) is 0 Å². The average molecular weight is 145 g/mol. The first-order valence-corrected chi connectivity index (χ1v) is 2.78. The Bertz CT molecular complexity index is 204. The fourth-order valence-electron chi connectivity index (χ4n) is 0.486. The maximum Gasteiger partial charge on any atom is 0.190 e. The van der Waals surface area contributed by atoms with Crippen LogP contribution in [0, 0.1) is 5.21 Å². The molecule has 0 aliphatic rings. The van der Waals surface area contributed by atoms with Gasteiger partial charge in [0.15, 0.2) is 10.8 Å². The maximum atomic E-state index is 10.1. The molecule has 0 unspecified atom stereocenters. The topological polar surface area (TPSA) is 52.6 Å². The minimum Gasteiger partial charge on any atom is -0.630 e. The molecule has 9 heavy (non-hydrogen) atoms. The van der Waals surface area contributed by atoms with Gasteiger partial charge in [-0.2, -0.15) is 0 Å². The summed E-state index contributed by atoms with van der Waals surface area (Å²) in [5.74, 6) is 0. The van der Waals surface area contributed by atoms with Crippen molar-refractivity contribution in [3.63, 3.8) is 0 Å². The van der Waals surface area contributed by atoms with Crippen LogP contribution in [0.2, 0.25) is 5.15 Å². The highest BCUT2D eigenvalue weighted by Crippen LogP contribution is 2.10. The Balaban J connectivity index is 3.01. The van der Waals surface area contributed by atoms with E-state index in [1.807, 2.05) is 0 Å². The molecule has 4 heteroatoms. The first-order valence-electron chi connectivity index (χ1n) is 2.40. The maximum absolute atomic E-state index is 10.1. The van der Waals surface area contributed by atoms with Gasteiger partial charge in [-0.05, 0) is 6.07 Å². The molecule has 0 saturated carbocycles. The van der Waals surface area contributed by atoms with Gasteiger partial charge in [-0.25, -0.2) is 4.98 Å². The molecule has 1 heterocycles. The lowest BCUT2D eigenvalue weighted by atomic mass is 10.4. The molecule has 1 rings (SSSR count). The summed E-state index contributed by atoms with van der Waals surface area (Å²) in [5.41, 5.74) is 1.11. The van der Waals surface area contributed by atoms with Crippen molar-refractivity contribution in [2.75, 3.05) is 0 Å². The number of pyridine rings is 1. The van der Waals surface area contributed by atoms with Gasteiger partial charge >= 0.3 is 0 Å². The second-order valence-corrected chi connectivity index (χ2v) is 1.86. The van der Waals surface area contributed by atoms with Crippen molar-refractivity contribution in [2.45, 2.75) is 0 Å². The van der Waals surface area contributed by atoms with Crippen molar-refractivity contribution in [3.8, 4) is 0 Å². The standard InChI is InChI=1S/C5H5ClN2O/c6-5-4(8-9)2-1-3-7-5/h1-3H,8H2. The van der Waals surface area contributed by atoms with E-state index in [1.54, 1.807) is 12.1 Å². The van der Waals surface area contributed by atoms with Crippen LogP contribution in [0.4, 0.5) is 5.69 Å². The van der Waals surface area contributed by atoms with E-state index in [2.05, 4.69) is 4.98 Å². The number of aromatic nitrogens is 1. The minimum absolute atomic E-state index is 0.257. The molecule has 0 saturated heterocycles. The predicted molar refractivity (Wildman–Crippen MR) is 34.2 cm³/mol. The van der Waals surface area contributed by atoms with E-state index in [0.29, 0.717) is 11.2 Å². The summed E-state index contributed by atoms with van der Waals surface area (Å²) < 4.78 is 0. The van der Waals surface area contributed by atoms with Crippen LogP contribution < -0.4 is 5.48 Å². The Morgan fingerprint density at radius 2 is 2.44 bits per heavy atom. The Hall–Kier alpha value is -0.640. The van der Waals surface area contributed by atoms with Crippen LogP contribution in [-0.2, 0) is 0 Å². The third-order valence-electron chi connectivity index (χ3n) is 0.915. The van der Waals surface area contributed by atoms with Crippen molar-refractivity contribution in [1.82, 2.24) is 4.98 Å². The Morgan fingerprint density at radius 1 is 1.67 bits per heavy atom. The number of nitrogens with two attached hydrogens (primary N) is 1. The van der Waals surface area contributed by atoms with Crippen molar-refractivity contribution in [3.05, 3.63) is 28.7 Å². The molecule has 1 aromatic heterocycles. The predicted octanol–water partition coefficient (Wildman–Crippen LogP) is 0.428. The van der Waals surface area contributed by atoms with Crippen molar-refractivity contribution < 1.29 is 5.48 Å². The van der Waals surface area contributed by atoms with Crippen LogP contribution >= 0.6 is 11.6 Å². The van der Waals surface area contributed by atoms with E-state index in [0.717, 1.165) is 0 Å². The lowest BCUT2D eigenvalue weighted by molar-refractivity contribution is -0.497. The van der Waals surface area contributed by atoms with Gasteiger partial charge in [-0.15, -0.1) is 0 Å². The summed E-state index contributed by atoms with van der Waals surface area (Å²) in [5, 5.41) is 10.4. The van der Waals surface area contributed by atoms with E-state index in [-0.39, 0.29) is 5.15 Å². The summed E-state index contributed by atoms with van der Waals surface area (Å²) in [6.07, 6.45) is 1.54. The lowest BCUT2D eigenvalue weighted by Crippen LogP contribution is -2.70. The zero-order valence-corrected chi connectivity index (χ0v) is 5.30. The number of hydrogen-bond donors (Lipinski definition) is 1. The van der Waals surface area contributed by atoms with Gasteiger partial charge in [0.2, 0.25) is 0 Å². The fourth-order valence-corrected chi connectivity index (χ4v) is 0.650. The van der Waals surface area contributed by atoms with Crippen LogP contribution in [0.1, 0.15) is 0 Å². The van der Waals surface area contributed by atoms with Crippen LogP contribution in [0.15, 0.2) is 18.3 Å². The highest BCUT2D eigenvalue weighted by atomic mass is 35.5. The second-order valence-electron chi connectivity index (χ2n) is 1.50. The molecule has 0 radical (unpaired) electrons. The molecule has 2 N–H and O–H groups in total. The summed E-state index contributed by atoms with van der Waals surface area (Å²) >= 11 is 5.48. The Labute approximate surface area is 57.3 Å². The molecule has 0 amide bonds. The van der Waals surface area contributed by atoms with Crippen molar-refractivity contribution >= 4 is 17.3 Å². The summed E-state index contributed by atoms with van der Waals surface area (Å²) in [6.45, 7) is 0. The van der Waals surface area contributed by atoms with Gasteiger partial charge in [-0.3, -0.25) is 0 Å². The smallest absolute Gasteiger partial charge is 0.190 e. The van der Waals surface area contributed by atoms with E-state index in [1.165, 1.54) is 6.20 Å². The summed E-state index contributed by atoms with van der Waals surface area (Å²) in [4.78, 5) is 3.68. The van der Waals surface area contributed by atoms with Crippen LogP contribution in [-0.4, -0.2) is 4.98 Å². The molecule has 3 nitrogen and oxygen atoms in total. The molecule has 0 aromatic carbocycles. The molecule has 0 aliphatic heterocycles. The molecule has 0 fully saturated rings. The van der Waals surface area contributed by atoms with Crippen LogP contribution in [0.3, 0.4) is 0 Å². The van der Waals surface area contributed by atoms with Crippen molar-refractivity contribution in [1.29, 1.82) is 0 Å². The van der Waals surface area contributed by atoms with E-state index in [9.17, 15) is 5.21 Å². The second kappa shape index (κ2) is 2.77. The Kier molecular flexibility index (Phi) is 2.00. The monoisotopic (exact) mass is 144 g/mol. The largest absolute Gasteiger partial charge is 0.630 e. The van der Waals surface area contributed by atoms with Gasteiger partial charge in [0, 0.05) is 12.3 Å². The highest BCUT2D eigenvalue weighted by Gasteiger charge is 1.96. The normalized spacial score (nSPS) is 9.56. The zero-order valence-electron chi connectivity index (χ0n) is 4.54. The first kappa shape index (κ1) is 6.48. The average Bonchev–Trinajstić information content (AvgIpc) is 1.89. The molecule has 0 aliphatic carbocycles. The summed E-state index contributed by atoms with van der Waals surface area (Å²) in [6, 6.07) is 3.28. The van der Waals surface area contributed by atoms with Gasteiger partial charge in [0.1, 0.15) is 0 Å². The minimum atomic E-state index is 0.257. The number of halogens is 1. The van der Waals surface area contributed by atoms with Gasteiger partial charge < -0.3 is 10.7 Å². The highest BCUT2D eigenvalue weighted by molar-refractivity contribution is 6.31. The fraction of sp³-hybridized carbons (Fsp3) is 0. The molecule has 0 atom stereocenters. The number of hydrogen-bond acceptors (Lipinski definition) is 2. The summed E-state index contributed by atoms with van der Waals surface area (Å²) in [7, 11) is 0. The first-order chi connectivity index (χ1) is 4.34. The molecule has 48 valence electrons. The lowest BCUT2D eigenvalue weighted by Gasteiger charge is -1.99. The quantitative estimate of drug-likeness (QED) is 0.459. The molecule has 0 spiro atoms. The SMILES string of the molecule is [O-][NH2+]c1cccnc1Cl. The molecule has 0 bridgehead atoms. The molecular formula is C5H5ClN2O. The van der Waals surface area contributed by atoms with E-state index in [4.69, 9.17) is 11.6 Å². The van der Waals surface area contributed by atoms with Gasteiger partial charge in [0.25, 0.3) is 0 Å². The zero-order chi connectivity index (χ0) is 6.69. The molecular weight excluding hydrogens is 140 g/mol. The van der Waals surface area contributed by atoms with E-state index >= 15 is 0 Å². The van der Waals surface area contributed by atoms with E-state index < -0.39 is 0 Å². The number of rotatable bonds is 1. The number of quaternary nitrogens is 1. The van der Waals surface area contributed by atoms with Crippen LogP contribution in [0.5, 0.6) is 0 Å². The van der Waals surface area contributed by atoms with Crippen molar-refractivity contribution in [2.24, 2.45) is 0 Å². The van der Waals surface area contributed by atoms with Gasteiger partial charge in [0.05, 0.1) is 0 Å². The third kappa shape index (κ3) is 1.38. The number of nitrogens with zero attached hydrogens (tertiary/aromatic N) is 1. The van der Waals surface area contributed by atoms with Gasteiger partial charge in [-0.1, -0.05) is 11.6 Å². The third-order valence-corrected chi connectivity index (χ3v) is 1.23.